The van der Waals surface area contributed by atoms with Crippen LogP contribution < -0.4 is 39.8 Å². The van der Waals surface area contributed by atoms with E-state index in [0.717, 1.165) is 24.3 Å². The Morgan fingerprint density at radius 3 is 2.09 bits per heavy atom. The first kappa shape index (κ1) is 21.9. The van der Waals surface area contributed by atoms with E-state index in [0.29, 0.717) is 0 Å². The Kier molecular flexibility index (Phi) is 8.22. The van der Waals surface area contributed by atoms with Gasteiger partial charge in [-0.25, -0.2) is 8.42 Å². The quantitative estimate of drug-likeness (QED) is 0.357. The van der Waals surface area contributed by atoms with Crippen LogP contribution in [-0.4, -0.2) is 18.1 Å². The van der Waals surface area contributed by atoms with Crippen molar-refractivity contribution in [1.29, 1.82) is 0 Å². The summed E-state index contributed by atoms with van der Waals surface area (Å²) in [4.78, 5) is -0.621. The molecule has 0 fully saturated rings. The van der Waals surface area contributed by atoms with Gasteiger partial charge in [-0.2, -0.15) is 10.2 Å². The van der Waals surface area contributed by atoms with Crippen molar-refractivity contribution >= 4 is 21.5 Å². The number of benzene rings is 2. The number of aromatic hydroxyl groups is 1. The normalized spacial score (nSPS) is 10.8. The average molecular weight is 394 g/mol. The van der Waals surface area contributed by atoms with E-state index in [1.165, 1.54) is 12.1 Å². The number of hydrogen-bond donors (Lipinski definition) is 1. The molecule has 0 aromatic heterocycles. The molecule has 11 heteroatoms. The maximum Gasteiger partial charge on any atom is 2.00 e. The predicted molar refractivity (Wildman–Crippen MR) is 65.6 cm³/mol. The Labute approximate surface area is 164 Å². The molecule has 0 amide bonds. The molecule has 2 rings (SSSR count). The van der Waals surface area contributed by atoms with Crippen LogP contribution in [0.4, 0.5) is 11.4 Å². The van der Waals surface area contributed by atoms with Crippen LogP contribution in [0.1, 0.15) is 0 Å². The second kappa shape index (κ2) is 8.65. The van der Waals surface area contributed by atoms with Gasteiger partial charge in [-0.15, -0.1) is 0 Å². The third-order valence-electron chi connectivity index (χ3n) is 2.43. The predicted octanol–water partition coefficient (Wildman–Crippen LogP) is -2.14. The zero-order valence-electron chi connectivity index (χ0n) is 11.6. The van der Waals surface area contributed by atoms with Crippen molar-refractivity contribution in [3.63, 3.8) is 0 Å². The summed E-state index contributed by atoms with van der Waals surface area (Å²) in [6.45, 7) is 0. The number of hydrogen-bond acceptors (Lipinski definition) is 8. The van der Waals surface area contributed by atoms with E-state index in [9.17, 15) is 23.2 Å². The Bertz CT molecular complexity index is 828. The molecule has 0 aliphatic rings. The number of azo groups is 1. The van der Waals surface area contributed by atoms with Gasteiger partial charge in [0, 0.05) is 0 Å². The molecule has 2 aromatic carbocycles. The average Bonchev–Trinajstić information content (AvgIpc) is 2.38. The smallest absolute Gasteiger partial charge is 0.871 e. The van der Waals surface area contributed by atoms with Crippen LogP contribution in [0.2, 0.25) is 0 Å². The minimum atomic E-state index is -4.72. The van der Waals surface area contributed by atoms with Gasteiger partial charge in [0.25, 0.3) is 0 Å². The van der Waals surface area contributed by atoms with Crippen LogP contribution in [0, 0.1) is 0 Å². The van der Waals surface area contributed by atoms with Gasteiger partial charge in [0.05, 0.1) is 16.3 Å². The van der Waals surface area contributed by atoms with E-state index in [-0.39, 0.29) is 63.8 Å². The Balaban J connectivity index is 0.00000242. The van der Waals surface area contributed by atoms with Crippen molar-refractivity contribution < 1.29 is 74.9 Å². The Morgan fingerprint density at radius 1 is 0.913 bits per heavy atom. The molecular weight excluding hydrogens is 387 g/mol. The van der Waals surface area contributed by atoms with E-state index in [2.05, 4.69) is 10.2 Å². The first-order valence-electron chi connectivity index (χ1n) is 5.46. The van der Waals surface area contributed by atoms with Gasteiger partial charge in [-0.05, 0) is 30.3 Å². The van der Waals surface area contributed by atoms with Gasteiger partial charge in [-0.3, -0.25) is 0 Å². The summed E-state index contributed by atoms with van der Waals surface area (Å²) in [5.41, 5.74) is -0.540. The molecule has 1 N–H and O–H groups in total. The minimum absolute atomic E-state index is 0. The van der Waals surface area contributed by atoms with Crippen molar-refractivity contribution in [3.05, 3.63) is 36.4 Å². The van der Waals surface area contributed by atoms with Crippen LogP contribution in [0.5, 0.6) is 17.2 Å². The van der Waals surface area contributed by atoms with Gasteiger partial charge in [0.15, 0.2) is 0 Å². The molecule has 23 heavy (non-hydrogen) atoms. The van der Waals surface area contributed by atoms with Crippen LogP contribution in [0.3, 0.4) is 0 Å². The van der Waals surface area contributed by atoms with Crippen molar-refractivity contribution in [2.75, 3.05) is 0 Å². The fourth-order valence-electron chi connectivity index (χ4n) is 1.42. The number of rotatable bonds is 3. The number of nitrogens with zero attached hydrogens (tertiary/aromatic N) is 2. The van der Waals surface area contributed by atoms with Crippen LogP contribution in [-0.2, 0) is 27.2 Å². The zero-order valence-corrected chi connectivity index (χ0v) is 15.3. The van der Waals surface area contributed by atoms with Gasteiger partial charge < -0.3 is 19.9 Å². The fraction of sp³-hybridized carbons (Fsp3) is 0. The monoisotopic (exact) mass is 393 g/mol. The second-order valence-electron chi connectivity index (χ2n) is 3.94. The Hall–Kier alpha value is -1.13. The van der Waals surface area contributed by atoms with Gasteiger partial charge in [0.1, 0.15) is 15.9 Å². The molecule has 0 bridgehead atoms. The molecule has 2 aromatic rings. The molecule has 0 spiro atoms. The summed E-state index contributed by atoms with van der Waals surface area (Å²) >= 11 is 0. The number of phenols is 1. The summed E-state index contributed by atoms with van der Waals surface area (Å²) < 4.78 is 32.6. The molecule has 0 saturated heterocycles. The third-order valence-corrected chi connectivity index (χ3v) is 3.26. The first-order valence-corrected chi connectivity index (χ1v) is 6.87. The maximum atomic E-state index is 11.5. The first-order chi connectivity index (χ1) is 9.77. The van der Waals surface area contributed by atoms with Gasteiger partial charge in [-0.1, -0.05) is 17.6 Å². The second-order valence-corrected chi connectivity index (χ2v) is 5.32. The van der Waals surface area contributed by atoms with Crippen molar-refractivity contribution in [2.45, 2.75) is 4.90 Å². The van der Waals surface area contributed by atoms with Crippen molar-refractivity contribution in [1.82, 2.24) is 0 Å². The van der Waals surface area contributed by atoms with E-state index < -0.39 is 26.5 Å². The largest absolute Gasteiger partial charge is 2.00 e. The molecule has 0 aliphatic heterocycles. The molecule has 8 nitrogen and oxygen atoms in total. The van der Waals surface area contributed by atoms with Crippen LogP contribution in [0.15, 0.2) is 51.5 Å². The molecule has 0 saturated carbocycles. The van der Waals surface area contributed by atoms with Crippen LogP contribution >= 0.6 is 0 Å². The summed E-state index contributed by atoms with van der Waals surface area (Å²) in [5, 5.41) is 39.0. The summed E-state index contributed by atoms with van der Waals surface area (Å²) in [5.74, 6) is -1.53. The molecule has 0 atom stereocenters. The fourth-order valence-corrected chi connectivity index (χ4v) is 1.91. The zero-order chi connectivity index (χ0) is 15.6. The topological polar surface area (TPSA) is 148 Å². The maximum absolute atomic E-state index is 11.5. The third kappa shape index (κ3) is 5.78. The van der Waals surface area contributed by atoms with Gasteiger partial charge in [0.2, 0.25) is 0 Å². The molecule has 0 heterocycles. The molecule has 119 valence electrons. The molecular formula is C12H7CuN2NaO6S. The summed E-state index contributed by atoms with van der Waals surface area (Å²) in [6.07, 6.45) is 0. The Morgan fingerprint density at radius 2 is 1.52 bits per heavy atom. The minimum Gasteiger partial charge on any atom is -0.871 e. The summed E-state index contributed by atoms with van der Waals surface area (Å²) in [6, 6.07) is 5.80. The molecule has 0 aliphatic carbocycles. The van der Waals surface area contributed by atoms with E-state index in [1.54, 1.807) is 0 Å². The van der Waals surface area contributed by atoms with Crippen LogP contribution in [0.25, 0.3) is 0 Å². The van der Waals surface area contributed by atoms with E-state index >= 15 is 0 Å². The SMILES string of the molecule is O=S(=O)([O-])c1ccc([O-])c(N=Nc2ccc(O)cc2[O-])c1.[Cu+2].[Na+]. The number of phenolic OH excluding ortho intramolecular Hbond substituents is 1. The molecule has 0 unspecified atom stereocenters. The van der Waals surface area contributed by atoms with E-state index in [4.69, 9.17) is 5.11 Å². The molecule has 1 radical (unpaired) electrons. The van der Waals surface area contributed by atoms with E-state index in [1.807, 2.05) is 0 Å². The van der Waals surface area contributed by atoms with Crippen molar-refractivity contribution in [3.8, 4) is 17.2 Å². The standard InChI is InChI=1S/C12H10N2O6S.Cu.Na/c15-7-1-3-9(12(17)5-7)13-14-10-6-8(21(18,19)20)2-4-11(10)16;;/h1-6,15-17H,(H,18,19,20);;/q;+2;+1/p-3. The summed E-state index contributed by atoms with van der Waals surface area (Å²) in [7, 11) is -4.72. The van der Waals surface area contributed by atoms with Crippen molar-refractivity contribution in [2.24, 2.45) is 10.2 Å². The van der Waals surface area contributed by atoms with Gasteiger partial charge >= 0.3 is 46.6 Å².